The lowest BCUT2D eigenvalue weighted by Crippen LogP contribution is -2.27. The Kier molecular flexibility index (Phi) is 10.6. The van der Waals surface area contributed by atoms with Gasteiger partial charge in [0.15, 0.2) is 0 Å². The Morgan fingerprint density at radius 3 is 1.77 bits per heavy atom. The fourth-order valence-corrected chi connectivity index (χ4v) is 3.90. The zero-order valence-corrected chi connectivity index (χ0v) is 24.6. The van der Waals surface area contributed by atoms with Gasteiger partial charge in [-0.05, 0) is 96.0 Å². The average Bonchev–Trinajstić information content (AvgIpc) is 3.49. The first-order valence-electron chi connectivity index (χ1n) is 12.7. The predicted octanol–water partition coefficient (Wildman–Crippen LogP) is 6.66. The third-order valence-electron chi connectivity index (χ3n) is 5.81. The molecule has 10 nitrogen and oxygen atoms in total. The number of nitrogens with one attached hydrogen (secondary N) is 3. The summed E-state index contributed by atoms with van der Waals surface area (Å²) < 4.78 is 15.2. The van der Waals surface area contributed by atoms with E-state index >= 15 is 0 Å². The van der Waals surface area contributed by atoms with E-state index < -0.39 is 17.7 Å². The minimum absolute atomic E-state index is 0. The number of aryl methyl sites for hydroxylation is 2. The van der Waals surface area contributed by atoms with Crippen LogP contribution in [0.2, 0.25) is 0 Å². The number of benzene rings is 2. The van der Waals surface area contributed by atoms with Crippen molar-refractivity contribution in [3.05, 3.63) is 58.9 Å². The molecule has 0 saturated carbocycles. The number of amides is 1. The summed E-state index contributed by atoms with van der Waals surface area (Å²) in [7, 11) is 0. The van der Waals surface area contributed by atoms with Gasteiger partial charge in [0, 0.05) is 33.2 Å². The second-order valence-electron chi connectivity index (χ2n) is 9.87. The molecule has 0 unspecified atom stereocenters. The molecular formula is C29H37ClN4O6. The summed E-state index contributed by atoms with van der Waals surface area (Å²) in [5, 5.41) is 4.54. The number of carbonyl (C=O) groups excluding carboxylic acids is 3. The number of H-pyrrole nitrogens is 2. The smallest absolute Gasteiger partial charge is 0.412 e. The molecule has 2 aromatic carbocycles. The molecule has 4 rings (SSSR count). The van der Waals surface area contributed by atoms with E-state index in [1.807, 2.05) is 26.0 Å². The Morgan fingerprint density at radius 2 is 1.30 bits per heavy atom. The van der Waals surface area contributed by atoms with Crippen molar-refractivity contribution in [1.82, 2.24) is 9.97 Å². The Balaban J connectivity index is 0.000000290. The summed E-state index contributed by atoms with van der Waals surface area (Å²) in [6, 6.07) is 10.8. The number of esters is 2. The lowest BCUT2D eigenvalue weighted by atomic mass is 10.1. The van der Waals surface area contributed by atoms with Crippen molar-refractivity contribution in [1.29, 1.82) is 0 Å². The van der Waals surface area contributed by atoms with Crippen LogP contribution < -0.4 is 11.1 Å². The number of fused-ring (bicyclic) bond motifs is 2. The summed E-state index contributed by atoms with van der Waals surface area (Å²) in [4.78, 5) is 41.3. The second kappa shape index (κ2) is 13.3. The Hall–Kier alpha value is -4.18. The number of aromatic amines is 2. The van der Waals surface area contributed by atoms with Gasteiger partial charge in [-0.2, -0.15) is 0 Å². The van der Waals surface area contributed by atoms with Gasteiger partial charge in [0.05, 0.1) is 13.2 Å². The van der Waals surface area contributed by atoms with Crippen molar-refractivity contribution in [2.24, 2.45) is 0 Å². The van der Waals surface area contributed by atoms with Gasteiger partial charge in [0.1, 0.15) is 17.0 Å². The van der Waals surface area contributed by atoms with Crippen LogP contribution in [-0.4, -0.2) is 46.8 Å². The monoisotopic (exact) mass is 572 g/mol. The lowest BCUT2D eigenvalue weighted by molar-refractivity contribution is 0.0511. The zero-order valence-electron chi connectivity index (χ0n) is 23.8. The second-order valence-corrected chi connectivity index (χ2v) is 9.87. The molecule has 2 aromatic heterocycles. The van der Waals surface area contributed by atoms with Gasteiger partial charge in [-0.1, -0.05) is 0 Å². The number of rotatable bonds is 5. The van der Waals surface area contributed by atoms with Crippen molar-refractivity contribution < 1.29 is 28.6 Å². The van der Waals surface area contributed by atoms with E-state index in [1.54, 1.807) is 58.9 Å². The number of ether oxygens (including phenoxy) is 3. The van der Waals surface area contributed by atoms with Gasteiger partial charge in [0.25, 0.3) is 0 Å². The summed E-state index contributed by atoms with van der Waals surface area (Å²) in [6.45, 7) is 13.5. The van der Waals surface area contributed by atoms with Crippen LogP contribution in [-0.2, 0) is 14.2 Å². The zero-order chi connectivity index (χ0) is 28.9. The van der Waals surface area contributed by atoms with Crippen LogP contribution >= 0.6 is 12.4 Å². The van der Waals surface area contributed by atoms with E-state index in [2.05, 4.69) is 15.3 Å². The van der Waals surface area contributed by atoms with Crippen LogP contribution in [0, 0.1) is 13.8 Å². The molecule has 0 fully saturated rings. The maximum Gasteiger partial charge on any atom is 0.412 e. The Labute approximate surface area is 239 Å². The van der Waals surface area contributed by atoms with Crippen LogP contribution in [0.5, 0.6) is 0 Å². The Bertz CT molecular complexity index is 1520. The number of halogens is 1. The number of carbonyl (C=O) groups is 3. The van der Waals surface area contributed by atoms with E-state index in [9.17, 15) is 14.4 Å². The summed E-state index contributed by atoms with van der Waals surface area (Å²) >= 11 is 0. The van der Waals surface area contributed by atoms with E-state index in [1.165, 1.54) is 0 Å². The molecule has 0 aliphatic heterocycles. The van der Waals surface area contributed by atoms with E-state index in [4.69, 9.17) is 19.9 Å². The normalized spacial score (nSPS) is 10.8. The van der Waals surface area contributed by atoms with E-state index in [0.717, 1.165) is 38.6 Å². The van der Waals surface area contributed by atoms with Crippen LogP contribution in [0.3, 0.4) is 0 Å². The molecular weight excluding hydrogens is 536 g/mol. The highest BCUT2D eigenvalue weighted by Crippen LogP contribution is 2.27. The van der Waals surface area contributed by atoms with Crippen LogP contribution in [0.1, 0.15) is 66.7 Å². The first-order chi connectivity index (χ1) is 18.3. The van der Waals surface area contributed by atoms with E-state index in [-0.39, 0.29) is 18.4 Å². The minimum Gasteiger partial charge on any atom is -0.461 e. The highest BCUT2D eigenvalue weighted by Gasteiger charge is 2.18. The highest BCUT2D eigenvalue weighted by atomic mass is 35.5. The fraction of sp³-hybridized carbons (Fsp3) is 0.345. The molecule has 0 aliphatic rings. The van der Waals surface area contributed by atoms with Gasteiger partial charge in [-0.15, -0.1) is 12.4 Å². The van der Waals surface area contributed by atoms with Gasteiger partial charge < -0.3 is 29.9 Å². The first kappa shape index (κ1) is 32.0. The number of aromatic nitrogens is 2. The molecule has 0 bridgehead atoms. The van der Waals surface area contributed by atoms with Crippen molar-refractivity contribution >= 4 is 63.6 Å². The quantitative estimate of drug-likeness (QED) is 0.119. The van der Waals surface area contributed by atoms with Gasteiger partial charge in [0.2, 0.25) is 0 Å². The largest absolute Gasteiger partial charge is 0.461 e. The van der Waals surface area contributed by atoms with Gasteiger partial charge in [-0.25, -0.2) is 14.4 Å². The van der Waals surface area contributed by atoms with Crippen molar-refractivity contribution in [3.8, 4) is 0 Å². The number of anilines is 2. The molecule has 0 aliphatic carbocycles. The molecule has 0 radical (unpaired) electrons. The SMILES string of the molecule is CCOC(=O)c1cc2c(C)c(N)ccc2[nH]1.CCOC(=O)c1cc2c(C)c(NC(=O)OC(C)(C)C)ccc2[nH]1.Cl. The van der Waals surface area contributed by atoms with Gasteiger partial charge in [-0.3, -0.25) is 5.32 Å². The number of hydrogen-bond donors (Lipinski definition) is 4. The summed E-state index contributed by atoms with van der Waals surface area (Å²) in [6.07, 6.45) is -0.513. The lowest BCUT2D eigenvalue weighted by Gasteiger charge is -2.20. The topological polar surface area (TPSA) is 149 Å². The number of hydrogen-bond acceptors (Lipinski definition) is 7. The number of nitrogen functional groups attached to an aromatic ring is 1. The maximum atomic E-state index is 11.9. The standard InChI is InChI=1S/C17H22N2O4.C12H14N2O2.ClH/c1-6-22-15(20)14-9-11-10(2)12(7-8-13(11)18-14)19-16(21)23-17(3,4)5;1-3-16-12(15)11-6-8-7(2)9(13)4-5-10(8)14-11;/h7-9,18H,6H2,1-5H3,(H,19,21);4-6,14H,3,13H2,1-2H3;1H. The molecule has 5 N–H and O–H groups in total. The maximum absolute atomic E-state index is 11.9. The number of nitrogens with two attached hydrogens (primary N) is 1. The predicted molar refractivity (Wildman–Crippen MR) is 160 cm³/mol. The average molecular weight is 573 g/mol. The van der Waals surface area contributed by atoms with Crippen molar-refractivity contribution in [3.63, 3.8) is 0 Å². The summed E-state index contributed by atoms with van der Waals surface area (Å²) in [5.74, 6) is -0.735. The van der Waals surface area contributed by atoms with Crippen molar-refractivity contribution in [2.75, 3.05) is 24.3 Å². The van der Waals surface area contributed by atoms with Crippen LogP contribution in [0.25, 0.3) is 21.8 Å². The molecule has 0 atom stereocenters. The molecule has 4 aromatic rings. The fourth-order valence-electron chi connectivity index (χ4n) is 3.90. The molecule has 0 spiro atoms. The molecule has 2 heterocycles. The molecule has 216 valence electrons. The highest BCUT2D eigenvalue weighted by molar-refractivity contribution is 5.99. The van der Waals surface area contributed by atoms with Crippen LogP contribution in [0.15, 0.2) is 36.4 Å². The van der Waals surface area contributed by atoms with Gasteiger partial charge >= 0.3 is 18.0 Å². The summed E-state index contributed by atoms with van der Waals surface area (Å²) in [5.41, 5.74) is 11.0. The third-order valence-corrected chi connectivity index (χ3v) is 5.81. The molecule has 0 saturated heterocycles. The third kappa shape index (κ3) is 7.69. The molecule has 40 heavy (non-hydrogen) atoms. The van der Waals surface area contributed by atoms with Crippen LogP contribution in [0.4, 0.5) is 16.2 Å². The Morgan fingerprint density at radius 1 is 0.825 bits per heavy atom. The minimum atomic E-state index is -0.562. The molecule has 1 amide bonds. The molecule has 11 heteroatoms. The van der Waals surface area contributed by atoms with E-state index in [0.29, 0.717) is 30.3 Å². The van der Waals surface area contributed by atoms with Crippen molar-refractivity contribution in [2.45, 2.75) is 54.1 Å². The first-order valence-corrected chi connectivity index (χ1v) is 12.7.